The van der Waals surface area contributed by atoms with Crippen LogP contribution in [0.3, 0.4) is 0 Å². The number of carbonyl (C=O) groups is 1. The van der Waals surface area contributed by atoms with Gasteiger partial charge in [-0.25, -0.2) is 4.79 Å². The van der Waals surface area contributed by atoms with Crippen molar-refractivity contribution in [3.05, 3.63) is 69.6 Å². The Morgan fingerprint density at radius 2 is 1.57 bits per heavy atom. The monoisotopic (exact) mass is 434 g/mol. The molecule has 0 bridgehead atoms. The molecular formula is C18H12Br2O3. The third-order valence-corrected chi connectivity index (χ3v) is 4.45. The van der Waals surface area contributed by atoms with E-state index in [1.54, 1.807) is 18.2 Å². The quantitative estimate of drug-likeness (QED) is 0.409. The summed E-state index contributed by atoms with van der Waals surface area (Å²) in [6, 6.07) is 18.6. The molecule has 0 heterocycles. The topological polar surface area (TPSA) is 35.5 Å². The molecule has 0 saturated heterocycles. The van der Waals surface area contributed by atoms with Crippen LogP contribution in [0, 0.1) is 0 Å². The number of rotatable bonds is 4. The zero-order valence-electron chi connectivity index (χ0n) is 12.0. The van der Waals surface area contributed by atoms with Crippen LogP contribution in [0.2, 0.25) is 0 Å². The highest BCUT2D eigenvalue weighted by atomic mass is 79.9. The Morgan fingerprint density at radius 1 is 0.870 bits per heavy atom. The first kappa shape index (κ1) is 16.0. The lowest BCUT2D eigenvalue weighted by Crippen LogP contribution is -2.17. The van der Waals surface area contributed by atoms with E-state index in [0.29, 0.717) is 11.5 Å². The Kier molecular flexibility index (Phi) is 4.98. The van der Waals surface area contributed by atoms with Crippen molar-refractivity contribution < 1.29 is 14.3 Å². The molecule has 0 aliphatic rings. The van der Waals surface area contributed by atoms with Gasteiger partial charge in [0.2, 0.25) is 0 Å². The molecule has 3 rings (SSSR count). The minimum Gasteiger partial charge on any atom is -0.482 e. The number of hydrogen-bond donors (Lipinski definition) is 0. The van der Waals surface area contributed by atoms with Crippen molar-refractivity contribution in [3.63, 3.8) is 0 Å². The number of carbonyl (C=O) groups excluding carboxylic acids is 1. The van der Waals surface area contributed by atoms with Crippen molar-refractivity contribution in [1.29, 1.82) is 0 Å². The van der Waals surface area contributed by atoms with Crippen LogP contribution in [0.1, 0.15) is 0 Å². The Hall–Kier alpha value is -1.85. The van der Waals surface area contributed by atoms with E-state index in [-0.39, 0.29) is 6.61 Å². The molecule has 0 unspecified atom stereocenters. The summed E-state index contributed by atoms with van der Waals surface area (Å²) in [5.74, 6) is 0.694. The Balaban J connectivity index is 1.71. The fourth-order valence-corrected chi connectivity index (χ4v) is 2.89. The summed E-state index contributed by atoms with van der Waals surface area (Å²) < 4.78 is 12.8. The summed E-state index contributed by atoms with van der Waals surface area (Å²) in [4.78, 5) is 12.0. The molecular weight excluding hydrogens is 424 g/mol. The van der Waals surface area contributed by atoms with E-state index in [1.807, 2.05) is 42.5 Å². The zero-order chi connectivity index (χ0) is 16.2. The van der Waals surface area contributed by atoms with Crippen molar-refractivity contribution in [2.45, 2.75) is 0 Å². The number of ether oxygens (including phenoxy) is 2. The van der Waals surface area contributed by atoms with Gasteiger partial charge in [-0.1, -0.05) is 56.1 Å². The normalized spacial score (nSPS) is 10.5. The molecule has 0 N–H and O–H groups in total. The van der Waals surface area contributed by atoms with Gasteiger partial charge in [0.25, 0.3) is 0 Å². The van der Waals surface area contributed by atoms with Gasteiger partial charge >= 0.3 is 5.97 Å². The third kappa shape index (κ3) is 3.92. The van der Waals surface area contributed by atoms with Crippen molar-refractivity contribution in [2.24, 2.45) is 0 Å². The molecule has 116 valence electrons. The van der Waals surface area contributed by atoms with Crippen LogP contribution < -0.4 is 9.47 Å². The maximum Gasteiger partial charge on any atom is 0.349 e. The standard InChI is InChI=1S/C18H12Br2O3/c19-12-5-7-13(8-6-12)22-11-18(21)23-17-10-9-16(20)14-3-1-2-4-15(14)17/h1-10H,11H2. The van der Waals surface area contributed by atoms with E-state index in [1.165, 1.54) is 0 Å². The molecule has 0 radical (unpaired) electrons. The highest BCUT2D eigenvalue weighted by molar-refractivity contribution is 9.11. The predicted molar refractivity (Wildman–Crippen MR) is 96.9 cm³/mol. The van der Waals surface area contributed by atoms with Crippen LogP contribution in [0.5, 0.6) is 11.5 Å². The van der Waals surface area contributed by atoms with E-state index in [0.717, 1.165) is 19.7 Å². The SMILES string of the molecule is O=C(COc1ccc(Br)cc1)Oc1ccc(Br)c2ccccc12. The molecule has 0 atom stereocenters. The molecule has 3 aromatic rings. The zero-order valence-corrected chi connectivity index (χ0v) is 15.1. The Labute approximate surface area is 150 Å². The van der Waals surface area contributed by atoms with Gasteiger partial charge in [-0.05, 0) is 41.8 Å². The maximum absolute atomic E-state index is 12.0. The van der Waals surface area contributed by atoms with E-state index < -0.39 is 5.97 Å². The van der Waals surface area contributed by atoms with Crippen LogP contribution >= 0.6 is 31.9 Å². The van der Waals surface area contributed by atoms with Crippen LogP contribution in [0.4, 0.5) is 0 Å². The molecule has 0 fully saturated rings. The Bertz CT molecular complexity index is 845. The average Bonchev–Trinajstić information content (AvgIpc) is 2.57. The first-order valence-corrected chi connectivity index (χ1v) is 8.48. The lowest BCUT2D eigenvalue weighted by molar-refractivity contribution is -0.136. The van der Waals surface area contributed by atoms with Gasteiger partial charge in [-0.15, -0.1) is 0 Å². The van der Waals surface area contributed by atoms with Gasteiger partial charge in [-0.3, -0.25) is 0 Å². The maximum atomic E-state index is 12.0. The molecule has 0 aromatic heterocycles. The van der Waals surface area contributed by atoms with Crippen molar-refractivity contribution in [3.8, 4) is 11.5 Å². The third-order valence-electron chi connectivity index (χ3n) is 3.22. The summed E-state index contributed by atoms with van der Waals surface area (Å²) >= 11 is 6.84. The second kappa shape index (κ2) is 7.15. The second-order valence-electron chi connectivity index (χ2n) is 4.81. The molecule has 0 aliphatic carbocycles. The number of halogens is 2. The van der Waals surface area contributed by atoms with E-state index in [4.69, 9.17) is 9.47 Å². The lowest BCUT2D eigenvalue weighted by Gasteiger charge is -2.10. The molecule has 23 heavy (non-hydrogen) atoms. The molecule has 3 aromatic carbocycles. The number of benzene rings is 3. The summed E-state index contributed by atoms with van der Waals surface area (Å²) in [6.45, 7) is -0.147. The Morgan fingerprint density at radius 3 is 2.30 bits per heavy atom. The van der Waals surface area contributed by atoms with Gasteiger partial charge in [0.05, 0.1) is 0 Å². The number of esters is 1. The van der Waals surface area contributed by atoms with Crippen LogP contribution in [-0.4, -0.2) is 12.6 Å². The molecule has 0 saturated carbocycles. The first-order valence-electron chi connectivity index (χ1n) is 6.90. The second-order valence-corrected chi connectivity index (χ2v) is 6.58. The molecule has 0 aliphatic heterocycles. The van der Waals surface area contributed by atoms with Crippen molar-refractivity contribution in [1.82, 2.24) is 0 Å². The highest BCUT2D eigenvalue weighted by Crippen LogP contribution is 2.31. The van der Waals surface area contributed by atoms with E-state index >= 15 is 0 Å². The minimum absolute atomic E-state index is 0.147. The largest absolute Gasteiger partial charge is 0.482 e. The van der Waals surface area contributed by atoms with Crippen LogP contribution in [-0.2, 0) is 4.79 Å². The van der Waals surface area contributed by atoms with Gasteiger partial charge in [0.15, 0.2) is 6.61 Å². The van der Waals surface area contributed by atoms with E-state index in [9.17, 15) is 4.79 Å². The number of fused-ring (bicyclic) bond motifs is 1. The van der Waals surface area contributed by atoms with Crippen LogP contribution in [0.15, 0.2) is 69.6 Å². The van der Waals surface area contributed by atoms with Gasteiger partial charge in [-0.2, -0.15) is 0 Å². The van der Waals surface area contributed by atoms with Crippen molar-refractivity contribution in [2.75, 3.05) is 6.61 Å². The lowest BCUT2D eigenvalue weighted by atomic mass is 10.1. The molecule has 0 amide bonds. The molecule has 3 nitrogen and oxygen atoms in total. The fourth-order valence-electron chi connectivity index (χ4n) is 2.15. The summed E-state index contributed by atoms with van der Waals surface area (Å²) in [7, 11) is 0. The number of hydrogen-bond acceptors (Lipinski definition) is 3. The van der Waals surface area contributed by atoms with Crippen molar-refractivity contribution >= 4 is 48.6 Å². The summed E-state index contributed by atoms with van der Waals surface area (Å²) in [6.07, 6.45) is 0. The van der Waals surface area contributed by atoms with Crippen LogP contribution in [0.25, 0.3) is 10.8 Å². The smallest absolute Gasteiger partial charge is 0.349 e. The summed E-state index contributed by atoms with van der Waals surface area (Å²) in [5, 5.41) is 1.87. The first-order chi connectivity index (χ1) is 11.1. The average molecular weight is 436 g/mol. The predicted octanol–water partition coefficient (Wildman–Crippen LogP) is 5.35. The van der Waals surface area contributed by atoms with Gasteiger partial charge in [0, 0.05) is 14.3 Å². The van der Waals surface area contributed by atoms with Gasteiger partial charge in [0.1, 0.15) is 11.5 Å². The van der Waals surface area contributed by atoms with E-state index in [2.05, 4.69) is 31.9 Å². The summed E-state index contributed by atoms with van der Waals surface area (Å²) in [5.41, 5.74) is 0. The van der Waals surface area contributed by atoms with Gasteiger partial charge < -0.3 is 9.47 Å². The molecule has 5 heteroatoms. The molecule has 0 spiro atoms. The highest BCUT2D eigenvalue weighted by Gasteiger charge is 2.10. The minimum atomic E-state index is -0.444. The fraction of sp³-hybridized carbons (Fsp3) is 0.0556.